The third-order valence-electron chi connectivity index (χ3n) is 6.21. The van der Waals surface area contributed by atoms with Gasteiger partial charge in [-0.3, -0.25) is 14.5 Å². The van der Waals surface area contributed by atoms with E-state index in [-0.39, 0.29) is 17.7 Å². The van der Waals surface area contributed by atoms with Crippen LogP contribution in [0.25, 0.3) is 0 Å². The van der Waals surface area contributed by atoms with Crippen molar-refractivity contribution in [1.82, 2.24) is 10.2 Å². The molecule has 33 heavy (non-hydrogen) atoms. The summed E-state index contributed by atoms with van der Waals surface area (Å²) >= 11 is 0. The zero-order chi connectivity index (χ0) is 23.0. The Balaban J connectivity index is 1.30. The number of hydrogen-bond acceptors (Lipinski definition) is 3. The normalized spacial score (nSPS) is 14.6. The Morgan fingerprint density at radius 3 is 2.24 bits per heavy atom. The number of rotatable bonds is 7. The number of likely N-dealkylation sites (tertiary alicyclic amines) is 1. The molecule has 1 fully saturated rings. The van der Waals surface area contributed by atoms with E-state index in [1.807, 2.05) is 42.5 Å². The summed E-state index contributed by atoms with van der Waals surface area (Å²) in [6.07, 6.45) is 1.64. The number of amides is 2. The van der Waals surface area contributed by atoms with Crippen molar-refractivity contribution >= 4 is 17.5 Å². The van der Waals surface area contributed by atoms with Crippen molar-refractivity contribution in [3.05, 3.63) is 101 Å². The Morgan fingerprint density at radius 1 is 0.848 bits per heavy atom. The Morgan fingerprint density at radius 2 is 1.52 bits per heavy atom. The largest absolute Gasteiger partial charge is 0.348 e. The first-order chi connectivity index (χ1) is 16.1. The van der Waals surface area contributed by atoms with Crippen LogP contribution in [0.4, 0.5) is 5.69 Å². The molecule has 3 aromatic carbocycles. The number of aryl methyl sites for hydroxylation is 1. The molecule has 0 aromatic heterocycles. The zero-order valence-corrected chi connectivity index (χ0v) is 19.1. The Kier molecular flexibility index (Phi) is 7.53. The molecular weight excluding hydrogens is 410 g/mol. The highest BCUT2D eigenvalue weighted by atomic mass is 16.2. The SMILES string of the molecule is Cc1ccc(CN2CCC(C(=O)Nc3ccccc3C(=O)NCc3ccccc3)CC2)cc1. The number of para-hydroxylation sites is 1. The summed E-state index contributed by atoms with van der Waals surface area (Å²) in [4.78, 5) is 28.1. The van der Waals surface area contributed by atoms with Crippen molar-refractivity contribution < 1.29 is 9.59 Å². The van der Waals surface area contributed by atoms with Gasteiger partial charge in [0.15, 0.2) is 0 Å². The molecule has 0 aliphatic carbocycles. The molecule has 0 bridgehead atoms. The third-order valence-corrected chi connectivity index (χ3v) is 6.21. The standard InChI is InChI=1S/C28H31N3O2/c1-21-11-13-23(14-12-21)20-31-17-15-24(16-18-31)27(32)30-26-10-6-5-9-25(26)28(33)29-19-22-7-3-2-4-8-22/h2-14,24H,15-20H2,1H3,(H,29,33)(H,30,32). The summed E-state index contributed by atoms with van der Waals surface area (Å²) in [5.41, 5.74) is 4.65. The average Bonchev–Trinajstić information content (AvgIpc) is 2.85. The second-order valence-corrected chi connectivity index (χ2v) is 8.74. The van der Waals surface area contributed by atoms with Crippen molar-refractivity contribution in [2.45, 2.75) is 32.9 Å². The molecule has 1 aliphatic rings. The monoisotopic (exact) mass is 441 g/mol. The number of carbonyl (C=O) groups is 2. The number of piperidine rings is 1. The van der Waals surface area contributed by atoms with Gasteiger partial charge in [0, 0.05) is 19.0 Å². The van der Waals surface area contributed by atoms with Gasteiger partial charge in [0.25, 0.3) is 5.91 Å². The van der Waals surface area contributed by atoms with Crippen LogP contribution in [0.5, 0.6) is 0 Å². The van der Waals surface area contributed by atoms with E-state index in [1.54, 1.807) is 12.1 Å². The lowest BCUT2D eigenvalue weighted by Gasteiger charge is -2.31. The molecule has 0 saturated carbocycles. The van der Waals surface area contributed by atoms with Crippen LogP contribution in [0, 0.1) is 12.8 Å². The number of benzene rings is 3. The first kappa shape index (κ1) is 22.7. The molecule has 2 amide bonds. The minimum absolute atomic E-state index is 0.00621. The molecular formula is C28H31N3O2. The van der Waals surface area contributed by atoms with Crippen LogP contribution >= 0.6 is 0 Å². The van der Waals surface area contributed by atoms with E-state index >= 15 is 0 Å². The molecule has 1 heterocycles. The highest BCUT2D eigenvalue weighted by molar-refractivity contribution is 6.04. The molecule has 4 rings (SSSR count). The predicted octanol–water partition coefficient (Wildman–Crippen LogP) is 4.78. The van der Waals surface area contributed by atoms with Crippen LogP contribution in [-0.2, 0) is 17.9 Å². The lowest BCUT2D eigenvalue weighted by atomic mass is 9.95. The molecule has 1 saturated heterocycles. The minimum atomic E-state index is -0.192. The van der Waals surface area contributed by atoms with E-state index < -0.39 is 0 Å². The van der Waals surface area contributed by atoms with Crippen LogP contribution in [-0.4, -0.2) is 29.8 Å². The van der Waals surface area contributed by atoms with Crippen LogP contribution in [0.1, 0.15) is 39.9 Å². The van der Waals surface area contributed by atoms with E-state index in [1.165, 1.54) is 11.1 Å². The topological polar surface area (TPSA) is 61.4 Å². The van der Waals surface area contributed by atoms with E-state index in [2.05, 4.69) is 46.7 Å². The molecule has 2 N–H and O–H groups in total. The number of nitrogens with one attached hydrogen (secondary N) is 2. The molecule has 5 heteroatoms. The van der Waals surface area contributed by atoms with Crippen LogP contribution in [0.2, 0.25) is 0 Å². The van der Waals surface area contributed by atoms with Gasteiger partial charge in [0.1, 0.15) is 0 Å². The highest BCUT2D eigenvalue weighted by Gasteiger charge is 2.26. The van der Waals surface area contributed by atoms with Crippen molar-refractivity contribution in [1.29, 1.82) is 0 Å². The van der Waals surface area contributed by atoms with Gasteiger partial charge < -0.3 is 10.6 Å². The maximum atomic E-state index is 13.0. The average molecular weight is 442 g/mol. The third kappa shape index (κ3) is 6.30. The maximum absolute atomic E-state index is 13.0. The molecule has 170 valence electrons. The van der Waals surface area contributed by atoms with Gasteiger partial charge in [-0.25, -0.2) is 0 Å². The quantitative estimate of drug-likeness (QED) is 0.555. The second kappa shape index (κ2) is 10.9. The molecule has 3 aromatic rings. The number of nitrogens with zero attached hydrogens (tertiary/aromatic N) is 1. The Bertz CT molecular complexity index is 1070. The minimum Gasteiger partial charge on any atom is -0.348 e. The summed E-state index contributed by atoms with van der Waals surface area (Å²) in [6.45, 7) is 5.25. The van der Waals surface area contributed by atoms with Crippen LogP contribution in [0.15, 0.2) is 78.9 Å². The number of carbonyl (C=O) groups excluding carboxylic acids is 2. The summed E-state index contributed by atoms with van der Waals surface area (Å²) in [5, 5.41) is 5.96. The predicted molar refractivity (Wildman–Crippen MR) is 132 cm³/mol. The number of hydrogen-bond donors (Lipinski definition) is 2. The summed E-state index contributed by atoms with van der Waals surface area (Å²) in [6, 6.07) is 25.6. The van der Waals surface area contributed by atoms with Crippen molar-refractivity contribution in [3.8, 4) is 0 Å². The van der Waals surface area contributed by atoms with Crippen LogP contribution in [0.3, 0.4) is 0 Å². The van der Waals surface area contributed by atoms with E-state index in [4.69, 9.17) is 0 Å². The lowest BCUT2D eigenvalue weighted by molar-refractivity contribution is -0.121. The Labute approximate surface area is 195 Å². The van der Waals surface area contributed by atoms with E-state index in [0.29, 0.717) is 17.8 Å². The van der Waals surface area contributed by atoms with Gasteiger partial charge in [0.2, 0.25) is 5.91 Å². The van der Waals surface area contributed by atoms with Gasteiger partial charge in [0.05, 0.1) is 11.3 Å². The first-order valence-corrected chi connectivity index (χ1v) is 11.6. The van der Waals surface area contributed by atoms with E-state index in [9.17, 15) is 9.59 Å². The smallest absolute Gasteiger partial charge is 0.253 e. The molecule has 0 unspecified atom stereocenters. The summed E-state index contributed by atoms with van der Waals surface area (Å²) < 4.78 is 0. The molecule has 1 aliphatic heterocycles. The van der Waals surface area contributed by atoms with Crippen molar-refractivity contribution in [2.75, 3.05) is 18.4 Å². The fourth-order valence-electron chi connectivity index (χ4n) is 4.20. The molecule has 0 radical (unpaired) electrons. The first-order valence-electron chi connectivity index (χ1n) is 11.6. The maximum Gasteiger partial charge on any atom is 0.253 e. The van der Waals surface area contributed by atoms with Crippen molar-refractivity contribution in [3.63, 3.8) is 0 Å². The molecule has 5 nitrogen and oxygen atoms in total. The van der Waals surface area contributed by atoms with E-state index in [0.717, 1.165) is 38.0 Å². The molecule has 0 spiro atoms. The zero-order valence-electron chi connectivity index (χ0n) is 19.1. The van der Waals surface area contributed by atoms with Gasteiger partial charge >= 0.3 is 0 Å². The fourth-order valence-corrected chi connectivity index (χ4v) is 4.20. The summed E-state index contributed by atoms with van der Waals surface area (Å²) in [5.74, 6) is -0.240. The Hall–Kier alpha value is -3.44. The van der Waals surface area contributed by atoms with Gasteiger partial charge in [-0.2, -0.15) is 0 Å². The van der Waals surface area contributed by atoms with Crippen molar-refractivity contribution in [2.24, 2.45) is 5.92 Å². The number of anilines is 1. The highest BCUT2D eigenvalue weighted by Crippen LogP contribution is 2.23. The molecule has 0 atom stereocenters. The summed E-state index contributed by atoms with van der Waals surface area (Å²) in [7, 11) is 0. The van der Waals surface area contributed by atoms with Gasteiger partial charge in [-0.05, 0) is 56.1 Å². The fraction of sp³-hybridized carbons (Fsp3) is 0.286. The van der Waals surface area contributed by atoms with Gasteiger partial charge in [-0.15, -0.1) is 0 Å². The second-order valence-electron chi connectivity index (χ2n) is 8.74. The lowest BCUT2D eigenvalue weighted by Crippen LogP contribution is -2.38. The van der Waals surface area contributed by atoms with Gasteiger partial charge in [-0.1, -0.05) is 72.3 Å². The van der Waals surface area contributed by atoms with Crippen LogP contribution < -0.4 is 10.6 Å².